The lowest BCUT2D eigenvalue weighted by atomic mass is 9.83. The Morgan fingerprint density at radius 2 is 1.18 bits per heavy atom. The molecule has 0 radical (unpaired) electrons. The fourth-order valence-electron chi connectivity index (χ4n) is 4.73. The fraction of sp³-hybridized carbons (Fsp3) is 0.526. The Hall–Kier alpha value is -2.34. The number of benzene rings is 2. The van der Waals surface area contributed by atoms with Crippen LogP contribution in [0.5, 0.6) is 0 Å². The second-order valence-electron chi connectivity index (χ2n) is 10.2. The van der Waals surface area contributed by atoms with E-state index in [4.69, 9.17) is 0 Å². The van der Waals surface area contributed by atoms with Crippen LogP contribution >= 0.6 is 0 Å². The molecule has 0 spiro atoms. The molecular formula is C38H64. The van der Waals surface area contributed by atoms with E-state index in [-0.39, 0.29) is 14.9 Å². The molecule has 0 saturated carbocycles. The van der Waals surface area contributed by atoms with Crippen molar-refractivity contribution in [1.82, 2.24) is 0 Å². The highest BCUT2D eigenvalue weighted by Crippen LogP contribution is 2.47. The van der Waals surface area contributed by atoms with Crippen LogP contribution in [0.1, 0.15) is 144 Å². The van der Waals surface area contributed by atoms with Crippen molar-refractivity contribution in [2.24, 2.45) is 5.92 Å². The number of allylic oxidation sites excluding steroid dienone is 6. The monoisotopic (exact) mass is 521 g/mol. The highest BCUT2D eigenvalue weighted by atomic mass is 14.3. The minimum absolute atomic E-state index is 0. The third kappa shape index (κ3) is 10.8. The molecule has 0 heterocycles. The van der Waals surface area contributed by atoms with E-state index in [0.717, 1.165) is 0 Å². The smallest absolute Gasteiger partial charge is 0.0114 e. The Morgan fingerprint density at radius 3 is 1.61 bits per heavy atom. The molecule has 0 aliphatic heterocycles. The summed E-state index contributed by atoms with van der Waals surface area (Å²) < 4.78 is 0. The summed E-state index contributed by atoms with van der Waals surface area (Å²) in [6.07, 6.45) is 3.47. The maximum absolute atomic E-state index is 2.41. The van der Waals surface area contributed by atoms with Crippen molar-refractivity contribution < 1.29 is 0 Å². The number of rotatable bonds is 2. The zero-order valence-corrected chi connectivity index (χ0v) is 26.4. The molecule has 0 N–H and O–H groups in total. The Kier molecular flexibility index (Phi) is 20.8. The lowest BCUT2D eigenvalue weighted by Crippen LogP contribution is -2.04. The number of hydrogen-bond donors (Lipinski definition) is 0. The van der Waals surface area contributed by atoms with Crippen LogP contribution in [-0.2, 0) is 0 Å². The molecule has 2 aromatic carbocycles. The molecule has 2 unspecified atom stereocenters. The maximum atomic E-state index is 2.41. The predicted octanol–water partition coefficient (Wildman–Crippen LogP) is 13.3. The zero-order chi connectivity index (χ0) is 28.2. The molecule has 2 atom stereocenters. The van der Waals surface area contributed by atoms with Crippen LogP contribution in [0.4, 0.5) is 0 Å². The molecule has 0 aromatic heterocycles. The molecule has 0 amide bonds. The van der Waals surface area contributed by atoms with Gasteiger partial charge in [-0.05, 0) is 120 Å². The Bertz CT molecular complexity index is 1020. The van der Waals surface area contributed by atoms with Crippen molar-refractivity contribution in [1.29, 1.82) is 0 Å². The quantitative estimate of drug-likeness (QED) is 0.345. The summed E-state index contributed by atoms with van der Waals surface area (Å²) in [6.45, 7) is 32.4. The fourth-order valence-corrected chi connectivity index (χ4v) is 4.73. The van der Waals surface area contributed by atoms with E-state index in [1.165, 1.54) is 62.1 Å². The third-order valence-corrected chi connectivity index (χ3v) is 6.95. The number of fused-ring (bicyclic) bond motifs is 1. The molecule has 3 rings (SSSR count). The van der Waals surface area contributed by atoms with E-state index in [1.54, 1.807) is 5.56 Å². The summed E-state index contributed by atoms with van der Waals surface area (Å²) >= 11 is 0. The SMILES string of the molecule is C.C.C/C=C(/C)C1=C(c2ccc(C)cc2)C(C)CC(C)c2c(C)cc(C)cc21.CC.CC.CC(C)=C(C)C. The van der Waals surface area contributed by atoms with Crippen molar-refractivity contribution in [3.05, 3.63) is 92.6 Å². The van der Waals surface area contributed by atoms with Gasteiger partial charge in [0.1, 0.15) is 0 Å². The van der Waals surface area contributed by atoms with Crippen molar-refractivity contribution in [2.45, 2.75) is 131 Å². The van der Waals surface area contributed by atoms with Gasteiger partial charge < -0.3 is 0 Å². The number of hydrogen-bond acceptors (Lipinski definition) is 0. The first-order valence-electron chi connectivity index (χ1n) is 14.1. The van der Waals surface area contributed by atoms with Gasteiger partial charge in [-0.3, -0.25) is 0 Å². The Labute approximate surface area is 240 Å². The van der Waals surface area contributed by atoms with Gasteiger partial charge in [-0.25, -0.2) is 0 Å². The molecule has 38 heavy (non-hydrogen) atoms. The largest absolute Gasteiger partial charge is 0.0841 e. The van der Waals surface area contributed by atoms with Gasteiger partial charge >= 0.3 is 0 Å². The van der Waals surface area contributed by atoms with Crippen LogP contribution in [0.2, 0.25) is 0 Å². The van der Waals surface area contributed by atoms with Crippen LogP contribution in [-0.4, -0.2) is 0 Å². The van der Waals surface area contributed by atoms with Gasteiger partial charge in [0, 0.05) is 0 Å². The molecule has 1 aliphatic rings. The van der Waals surface area contributed by atoms with E-state index in [9.17, 15) is 0 Å². The third-order valence-electron chi connectivity index (χ3n) is 6.95. The summed E-state index contributed by atoms with van der Waals surface area (Å²) in [5.41, 5.74) is 15.7. The standard InChI is InChI=1S/C26H32.C6H12.2C2H6.2CH4/c1-8-18(4)26-23-14-17(3)13-19(5)24(23)20(6)15-21(7)25(26)22-11-9-16(2)10-12-22;1-5(2)6(3)4;2*1-2;;/h8-14,20-21H,15H2,1-7H3;1-4H3;2*1-2H3;2*1H4/b18-8-;;;;;. The second kappa shape index (κ2) is 19.7. The summed E-state index contributed by atoms with van der Waals surface area (Å²) in [6, 6.07) is 13.9. The van der Waals surface area contributed by atoms with Crippen molar-refractivity contribution in [2.75, 3.05) is 0 Å². The van der Waals surface area contributed by atoms with Crippen LogP contribution in [0.15, 0.2) is 59.2 Å². The van der Waals surface area contributed by atoms with Gasteiger partial charge in [-0.1, -0.05) is 121 Å². The van der Waals surface area contributed by atoms with Crippen molar-refractivity contribution in [3.63, 3.8) is 0 Å². The lowest BCUT2D eigenvalue weighted by molar-refractivity contribution is 0.582. The molecular weight excluding hydrogens is 456 g/mol. The van der Waals surface area contributed by atoms with Gasteiger partial charge in [0.25, 0.3) is 0 Å². The second-order valence-corrected chi connectivity index (χ2v) is 10.2. The summed E-state index contributed by atoms with van der Waals surface area (Å²) in [5, 5.41) is 0. The van der Waals surface area contributed by atoms with Crippen molar-refractivity contribution in [3.8, 4) is 0 Å². The van der Waals surface area contributed by atoms with Gasteiger partial charge in [-0.2, -0.15) is 0 Å². The topological polar surface area (TPSA) is 0 Å². The average molecular weight is 521 g/mol. The molecule has 2 aromatic rings. The summed E-state index contributed by atoms with van der Waals surface area (Å²) in [7, 11) is 0. The predicted molar refractivity (Wildman–Crippen MR) is 181 cm³/mol. The van der Waals surface area contributed by atoms with Crippen LogP contribution < -0.4 is 0 Å². The van der Waals surface area contributed by atoms with E-state index in [1.807, 2.05) is 27.7 Å². The Balaban J connectivity index is -0.000000891. The first-order valence-corrected chi connectivity index (χ1v) is 14.1. The Morgan fingerprint density at radius 1 is 0.711 bits per heavy atom. The van der Waals surface area contributed by atoms with Crippen LogP contribution in [0.3, 0.4) is 0 Å². The first-order chi connectivity index (χ1) is 17.0. The molecule has 1 aliphatic carbocycles. The molecule has 0 heteroatoms. The van der Waals surface area contributed by atoms with E-state index >= 15 is 0 Å². The normalized spacial score (nSPS) is 15.8. The molecule has 0 bridgehead atoms. The minimum Gasteiger partial charge on any atom is -0.0841 e. The van der Waals surface area contributed by atoms with Crippen LogP contribution in [0, 0.1) is 26.7 Å². The van der Waals surface area contributed by atoms with Gasteiger partial charge in [0.05, 0.1) is 0 Å². The molecule has 0 fully saturated rings. The van der Waals surface area contributed by atoms with E-state index in [0.29, 0.717) is 11.8 Å². The highest BCUT2D eigenvalue weighted by Gasteiger charge is 2.28. The van der Waals surface area contributed by atoms with Gasteiger partial charge in [0.15, 0.2) is 0 Å². The molecule has 0 nitrogen and oxygen atoms in total. The lowest BCUT2D eigenvalue weighted by Gasteiger charge is -2.21. The van der Waals surface area contributed by atoms with Gasteiger partial charge in [-0.15, -0.1) is 0 Å². The molecule has 216 valence electrons. The van der Waals surface area contributed by atoms with Gasteiger partial charge in [0.2, 0.25) is 0 Å². The highest BCUT2D eigenvalue weighted by molar-refractivity contribution is 6.00. The van der Waals surface area contributed by atoms with Crippen molar-refractivity contribution >= 4 is 11.1 Å². The minimum atomic E-state index is 0. The van der Waals surface area contributed by atoms with E-state index in [2.05, 4.69) is 119 Å². The average Bonchev–Trinajstić information content (AvgIpc) is 2.95. The number of aryl methyl sites for hydroxylation is 3. The van der Waals surface area contributed by atoms with Crippen LogP contribution in [0.25, 0.3) is 11.1 Å². The zero-order valence-electron chi connectivity index (χ0n) is 26.4. The van der Waals surface area contributed by atoms with E-state index < -0.39 is 0 Å². The first kappa shape index (κ1) is 40.2. The maximum Gasteiger partial charge on any atom is -0.0114 e. The molecule has 0 saturated heterocycles. The summed E-state index contributed by atoms with van der Waals surface area (Å²) in [5.74, 6) is 1.10. The summed E-state index contributed by atoms with van der Waals surface area (Å²) in [4.78, 5) is 0.